The molecule has 3 rings (SSSR count). The molecule has 0 spiro atoms. The third-order valence-corrected chi connectivity index (χ3v) is 6.05. The van der Waals surface area contributed by atoms with Crippen molar-refractivity contribution in [2.24, 2.45) is 0 Å². The van der Waals surface area contributed by atoms with Crippen LogP contribution in [0.2, 0.25) is 0 Å². The number of thiophene rings is 1. The van der Waals surface area contributed by atoms with Crippen LogP contribution in [0, 0.1) is 5.82 Å². The Morgan fingerprint density at radius 2 is 1.96 bits per heavy atom. The summed E-state index contributed by atoms with van der Waals surface area (Å²) in [6.07, 6.45) is 6.07. The zero-order valence-corrected chi connectivity index (χ0v) is 15.5. The SMILES string of the molecule is CC(c1cccs1)N(C(=S)Nc1ccccc1F)C1CCCCC1. The van der Waals surface area contributed by atoms with Crippen LogP contribution in [0.5, 0.6) is 0 Å². The number of hydrogen-bond donors (Lipinski definition) is 1. The highest BCUT2D eigenvalue weighted by molar-refractivity contribution is 7.80. The minimum absolute atomic E-state index is 0.194. The number of nitrogens with one attached hydrogen (secondary N) is 1. The molecule has 1 atom stereocenters. The van der Waals surface area contributed by atoms with E-state index in [1.54, 1.807) is 23.5 Å². The highest BCUT2D eigenvalue weighted by atomic mass is 32.1. The third-order valence-electron chi connectivity index (χ3n) is 4.69. The van der Waals surface area contributed by atoms with E-state index >= 15 is 0 Å². The van der Waals surface area contributed by atoms with Crippen molar-refractivity contribution in [2.45, 2.75) is 51.1 Å². The van der Waals surface area contributed by atoms with Gasteiger partial charge in [-0.2, -0.15) is 0 Å². The maximum Gasteiger partial charge on any atom is 0.174 e. The van der Waals surface area contributed by atoms with Crippen molar-refractivity contribution in [1.82, 2.24) is 4.90 Å². The first kappa shape index (κ1) is 17.4. The van der Waals surface area contributed by atoms with Gasteiger partial charge in [-0.05, 0) is 55.6 Å². The lowest BCUT2D eigenvalue weighted by molar-refractivity contribution is 0.205. The van der Waals surface area contributed by atoms with Gasteiger partial charge in [0.25, 0.3) is 0 Å². The number of benzene rings is 1. The van der Waals surface area contributed by atoms with Gasteiger partial charge in [-0.1, -0.05) is 37.5 Å². The van der Waals surface area contributed by atoms with Crippen LogP contribution in [-0.4, -0.2) is 16.1 Å². The van der Waals surface area contributed by atoms with Gasteiger partial charge >= 0.3 is 0 Å². The second-order valence-corrected chi connectivity index (χ2v) is 7.67. The van der Waals surface area contributed by atoms with Crippen LogP contribution < -0.4 is 5.32 Å². The van der Waals surface area contributed by atoms with Gasteiger partial charge in [-0.3, -0.25) is 0 Å². The van der Waals surface area contributed by atoms with E-state index in [9.17, 15) is 4.39 Å². The molecule has 1 aromatic heterocycles. The zero-order valence-electron chi connectivity index (χ0n) is 13.9. The highest BCUT2D eigenvalue weighted by Gasteiger charge is 2.29. The van der Waals surface area contributed by atoms with Crippen LogP contribution in [0.4, 0.5) is 10.1 Å². The number of thiocarbonyl (C=S) groups is 1. The second-order valence-electron chi connectivity index (χ2n) is 6.30. The molecule has 1 heterocycles. The van der Waals surface area contributed by atoms with Crippen LogP contribution in [0.3, 0.4) is 0 Å². The molecule has 1 unspecified atom stereocenters. The molecule has 1 fully saturated rings. The summed E-state index contributed by atoms with van der Waals surface area (Å²) in [7, 11) is 0. The van der Waals surface area contributed by atoms with Gasteiger partial charge < -0.3 is 10.2 Å². The molecule has 24 heavy (non-hydrogen) atoms. The monoisotopic (exact) mass is 362 g/mol. The molecule has 2 nitrogen and oxygen atoms in total. The first-order valence-electron chi connectivity index (χ1n) is 8.54. The van der Waals surface area contributed by atoms with Crippen LogP contribution in [-0.2, 0) is 0 Å². The molecule has 2 aromatic rings. The fourth-order valence-corrected chi connectivity index (χ4v) is 4.62. The zero-order chi connectivity index (χ0) is 16.9. The lowest BCUT2D eigenvalue weighted by Crippen LogP contribution is -2.45. The second kappa shape index (κ2) is 8.08. The molecule has 1 aliphatic carbocycles. The van der Waals surface area contributed by atoms with Crippen molar-refractivity contribution < 1.29 is 4.39 Å². The van der Waals surface area contributed by atoms with Crippen LogP contribution in [0.25, 0.3) is 0 Å². The molecule has 1 saturated carbocycles. The number of rotatable bonds is 4. The number of halogens is 1. The van der Waals surface area contributed by atoms with E-state index in [-0.39, 0.29) is 11.9 Å². The summed E-state index contributed by atoms with van der Waals surface area (Å²) in [5.41, 5.74) is 0.446. The minimum Gasteiger partial charge on any atom is -0.338 e. The van der Waals surface area contributed by atoms with Crippen molar-refractivity contribution in [3.63, 3.8) is 0 Å². The Morgan fingerprint density at radius 3 is 2.62 bits per heavy atom. The quantitative estimate of drug-likeness (QED) is 0.674. The highest BCUT2D eigenvalue weighted by Crippen LogP contribution is 2.33. The largest absolute Gasteiger partial charge is 0.338 e. The molecule has 1 aromatic carbocycles. The van der Waals surface area contributed by atoms with Crippen molar-refractivity contribution in [2.75, 3.05) is 5.32 Å². The number of nitrogens with zero attached hydrogens (tertiary/aromatic N) is 1. The average molecular weight is 363 g/mol. The molecular formula is C19H23FN2S2. The molecule has 0 bridgehead atoms. The van der Waals surface area contributed by atoms with E-state index in [2.05, 4.69) is 34.7 Å². The molecule has 0 saturated heterocycles. The van der Waals surface area contributed by atoms with Crippen molar-refractivity contribution in [3.8, 4) is 0 Å². The Hall–Kier alpha value is -1.46. The summed E-state index contributed by atoms with van der Waals surface area (Å²) in [6, 6.07) is 11.5. The van der Waals surface area contributed by atoms with E-state index < -0.39 is 0 Å². The topological polar surface area (TPSA) is 15.3 Å². The normalized spacial score (nSPS) is 16.6. The van der Waals surface area contributed by atoms with E-state index in [1.165, 1.54) is 30.2 Å². The maximum absolute atomic E-state index is 14.0. The fraction of sp³-hybridized carbons (Fsp3) is 0.421. The molecule has 128 valence electrons. The van der Waals surface area contributed by atoms with Crippen molar-refractivity contribution in [1.29, 1.82) is 0 Å². The molecule has 0 aliphatic heterocycles. The Bertz CT molecular complexity index is 666. The molecule has 1 N–H and O–H groups in total. The Balaban J connectivity index is 1.83. The summed E-state index contributed by atoms with van der Waals surface area (Å²) in [5.74, 6) is -0.271. The molecule has 1 aliphatic rings. The Morgan fingerprint density at radius 1 is 1.21 bits per heavy atom. The van der Waals surface area contributed by atoms with Gasteiger partial charge in [0, 0.05) is 10.9 Å². The first-order valence-corrected chi connectivity index (χ1v) is 9.83. The fourth-order valence-electron chi connectivity index (χ4n) is 3.43. The molecule has 0 amide bonds. The number of para-hydroxylation sites is 1. The average Bonchev–Trinajstić information content (AvgIpc) is 3.13. The summed E-state index contributed by atoms with van der Waals surface area (Å²) in [4.78, 5) is 3.57. The van der Waals surface area contributed by atoms with Gasteiger partial charge in [0.2, 0.25) is 0 Å². The van der Waals surface area contributed by atoms with Crippen molar-refractivity contribution in [3.05, 3.63) is 52.5 Å². The minimum atomic E-state index is -0.271. The van der Waals surface area contributed by atoms with Crippen molar-refractivity contribution >= 4 is 34.4 Å². The summed E-state index contributed by atoms with van der Waals surface area (Å²) in [5, 5.41) is 5.85. The van der Waals surface area contributed by atoms with E-state index in [1.807, 2.05) is 6.07 Å². The molecule has 0 radical (unpaired) electrons. The van der Waals surface area contributed by atoms with Gasteiger partial charge in [-0.25, -0.2) is 4.39 Å². The third kappa shape index (κ3) is 3.95. The van der Waals surface area contributed by atoms with Crippen LogP contribution in [0.15, 0.2) is 41.8 Å². The lowest BCUT2D eigenvalue weighted by atomic mass is 9.93. The van der Waals surface area contributed by atoms with Gasteiger partial charge in [0.05, 0.1) is 11.7 Å². The predicted octanol–water partition coefficient (Wildman–Crippen LogP) is 5.98. The number of anilines is 1. The first-order chi connectivity index (χ1) is 11.7. The van der Waals surface area contributed by atoms with E-state index in [4.69, 9.17) is 12.2 Å². The molecule has 5 heteroatoms. The van der Waals surface area contributed by atoms with Gasteiger partial charge in [0.15, 0.2) is 5.11 Å². The van der Waals surface area contributed by atoms with E-state index in [0.29, 0.717) is 16.8 Å². The summed E-state index contributed by atoms with van der Waals surface area (Å²) >= 11 is 7.45. The van der Waals surface area contributed by atoms with Crippen LogP contribution in [0.1, 0.15) is 49.9 Å². The lowest BCUT2D eigenvalue weighted by Gasteiger charge is -2.40. The maximum atomic E-state index is 14.0. The smallest absolute Gasteiger partial charge is 0.174 e. The van der Waals surface area contributed by atoms with Gasteiger partial charge in [-0.15, -0.1) is 11.3 Å². The van der Waals surface area contributed by atoms with E-state index in [0.717, 1.165) is 12.8 Å². The standard InChI is InChI=1S/C19H23FN2S2/c1-14(18-12-7-13-24-18)22(15-8-3-2-4-9-15)19(23)21-17-11-6-5-10-16(17)20/h5-7,10-15H,2-4,8-9H2,1H3,(H,21,23). The summed E-state index contributed by atoms with van der Waals surface area (Å²) in [6.45, 7) is 2.19. The van der Waals surface area contributed by atoms with Crippen LogP contribution >= 0.6 is 23.6 Å². The summed E-state index contributed by atoms with van der Waals surface area (Å²) < 4.78 is 14.0. The number of hydrogen-bond acceptors (Lipinski definition) is 2. The Labute approximate surface area is 152 Å². The Kier molecular flexibility index (Phi) is 5.85. The molecular weight excluding hydrogens is 339 g/mol. The van der Waals surface area contributed by atoms with Gasteiger partial charge in [0.1, 0.15) is 5.82 Å². The predicted molar refractivity (Wildman–Crippen MR) is 104 cm³/mol.